The van der Waals surface area contributed by atoms with Crippen LogP contribution in [0.2, 0.25) is 0 Å². The Morgan fingerprint density at radius 2 is 1.19 bits per heavy atom. The summed E-state index contributed by atoms with van der Waals surface area (Å²) in [5.74, 6) is 0.638. The van der Waals surface area contributed by atoms with E-state index in [1.165, 1.54) is 38.4 Å². The summed E-state index contributed by atoms with van der Waals surface area (Å²) < 4.78 is 12.7. The lowest BCUT2D eigenvalue weighted by atomic mass is 9.91. The second kappa shape index (κ2) is 7.96. The maximum atomic E-state index is 6.66. The topological polar surface area (TPSA) is 39.2 Å². The largest absolute Gasteiger partial charge is 0.455 e. The third-order valence-corrected chi connectivity index (χ3v) is 8.80. The van der Waals surface area contributed by atoms with E-state index in [-0.39, 0.29) is 0 Å². The number of para-hydroxylation sites is 3. The average molecular weight is 536 g/mol. The van der Waals surface area contributed by atoms with E-state index in [4.69, 9.17) is 13.8 Å². The molecule has 7 aromatic carbocycles. The third-order valence-electron chi connectivity index (χ3n) is 8.80. The van der Waals surface area contributed by atoms with Crippen LogP contribution in [0.15, 0.2) is 136 Å². The average Bonchev–Trinajstić information content (AvgIpc) is 3.73. The van der Waals surface area contributed by atoms with E-state index in [2.05, 4.69) is 97.1 Å². The van der Waals surface area contributed by atoms with Gasteiger partial charge in [0.1, 0.15) is 16.7 Å². The summed E-state index contributed by atoms with van der Waals surface area (Å²) in [4.78, 5) is 4.70. The van der Waals surface area contributed by atoms with Crippen molar-refractivity contribution >= 4 is 54.6 Å². The molecule has 2 heterocycles. The number of fused-ring (bicyclic) bond motifs is 9. The summed E-state index contributed by atoms with van der Waals surface area (Å²) >= 11 is 0. The van der Waals surface area contributed by atoms with Crippen molar-refractivity contribution in [2.45, 2.75) is 0 Å². The van der Waals surface area contributed by atoms with Crippen molar-refractivity contribution in [3.63, 3.8) is 0 Å². The van der Waals surface area contributed by atoms with Crippen molar-refractivity contribution in [3.8, 4) is 44.8 Å². The number of rotatable bonds is 2. The van der Waals surface area contributed by atoms with Gasteiger partial charge in [0.25, 0.3) is 0 Å². The Bertz CT molecular complexity index is 2540. The molecule has 194 valence electrons. The Hall–Kier alpha value is -5.67. The highest BCUT2D eigenvalue weighted by Gasteiger charge is 2.28. The van der Waals surface area contributed by atoms with Crippen LogP contribution in [0.4, 0.5) is 0 Å². The van der Waals surface area contributed by atoms with Crippen LogP contribution in [0.3, 0.4) is 0 Å². The molecule has 2 aromatic heterocycles. The molecule has 10 rings (SSSR count). The van der Waals surface area contributed by atoms with Gasteiger partial charge in [-0.15, -0.1) is 0 Å². The minimum atomic E-state index is 0.638. The smallest absolute Gasteiger partial charge is 0.227 e. The van der Waals surface area contributed by atoms with Gasteiger partial charge in [-0.1, -0.05) is 84.9 Å². The van der Waals surface area contributed by atoms with E-state index < -0.39 is 0 Å². The molecule has 0 aliphatic heterocycles. The fourth-order valence-corrected chi connectivity index (χ4v) is 6.92. The Morgan fingerprint density at radius 1 is 0.452 bits per heavy atom. The standard InChI is InChI=1S/C39H21NO2/c1-3-13-33-28(9-1)37-36-29-11-6-8-22-7-5-10-27(35(22)29)31(36)21-30(38(37)41-33)25-17-15-24-20-26(18-16-23(24)19-25)39-40-32-12-2-4-14-34(32)42-39/h1-21H. The molecule has 0 radical (unpaired) electrons. The lowest BCUT2D eigenvalue weighted by Crippen LogP contribution is -1.86. The van der Waals surface area contributed by atoms with Crippen molar-refractivity contribution in [2.24, 2.45) is 0 Å². The molecule has 0 bridgehead atoms. The first-order valence-corrected chi connectivity index (χ1v) is 14.2. The van der Waals surface area contributed by atoms with Crippen LogP contribution >= 0.6 is 0 Å². The third kappa shape index (κ3) is 2.92. The molecule has 9 aromatic rings. The number of furan rings is 1. The Kier molecular flexibility index (Phi) is 4.18. The van der Waals surface area contributed by atoms with E-state index >= 15 is 0 Å². The molecule has 0 unspecified atom stereocenters. The van der Waals surface area contributed by atoms with Crippen molar-refractivity contribution in [3.05, 3.63) is 127 Å². The van der Waals surface area contributed by atoms with Crippen LogP contribution in [0.25, 0.3) is 99.4 Å². The van der Waals surface area contributed by atoms with Crippen molar-refractivity contribution in [1.29, 1.82) is 0 Å². The van der Waals surface area contributed by atoms with Crippen LogP contribution in [0.5, 0.6) is 0 Å². The molecular weight excluding hydrogens is 514 g/mol. The van der Waals surface area contributed by atoms with Gasteiger partial charge in [-0.05, 0) is 86.3 Å². The zero-order valence-corrected chi connectivity index (χ0v) is 22.4. The summed E-state index contributed by atoms with van der Waals surface area (Å²) in [6, 6.07) is 44.9. The maximum absolute atomic E-state index is 6.66. The zero-order valence-electron chi connectivity index (χ0n) is 22.4. The van der Waals surface area contributed by atoms with E-state index in [0.717, 1.165) is 55.1 Å². The van der Waals surface area contributed by atoms with Gasteiger partial charge in [0.05, 0.1) is 0 Å². The number of hydrogen-bond donors (Lipinski definition) is 0. The highest BCUT2D eigenvalue weighted by atomic mass is 16.3. The van der Waals surface area contributed by atoms with Crippen molar-refractivity contribution < 1.29 is 8.83 Å². The van der Waals surface area contributed by atoms with Gasteiger partial charge < -0.3 is 8.83 Å². The minimum Gasteiger partial charge on any atom is -0.455 e. The van der Waals surface area contributed by atoms with Crippen LogP contribution in [-0.4, -0.2) is 4.98 Å². The van der Waals surface area contributed by atoms with Gasteiger partial charge in [-0.25, -0.2) is 4.98 Å². The van der Waals surface area contributed by atoms with Crippen LogP contribution in [0.1, 0.15) is 0 Å². The summed E-state index contributed by atoms with van der Waals surface area (Å²) in [5.41, 5.74) is 11.8. The highest BCUT2D eigenvalue weighted by Crippen LogP contribution is 2.54. The Labute approximate surface area is 240 Å². The number of aromatic nitrogens is 1. The number of oxazole rings is 1. The molecule has 0 atom stereocenters. The molecule has 0 saturated carbocycles. The van der Waals surface area contributed by atoms with Gasteiger partial charge in [0.15, 0.2) is 5.58 Å². The summed E-state index contributed by atoms with van der Waals surface area (Å²) in [6.07, 6.45) is 0. The Balaban J connectivity index is 1.21. The molecule has 42 heavy (non-hydrogen) atoms. The minimum absolute atomic E-state index is 0.638. The molecule has 3 heteroatoms. The van der Waals surface area contributed by atoms with E-state index in [9.17, 15) is 0 Å². The number of benzene rings is 7. The number of nitrogens with zero attached hydrogens (tertiary/aromatic N) is 1. The lowest BCUT2D eigenvalue weighted by Gasteiger charge is -2.11. The van der Waals surface area contributed by atoms with Crippen molar-refractivity contribution in [1.82, 2.24) is 4.98 Å². The molecule has 0 fully saturated rings. The van der Waals surface area contributed by atoms with Gasteiger partial charge in [-0.2, -0.15) is 0 Å². The quantitative estimate of drug-likeness (QED) is 0.221. The maximum Gasteiger partial charge on any atom is 0.227 e. The molecule has 0 spiro atoms. The van der Waals surface area contributed by atoms with E-state index in [1.807, 2.05) is 30.3 Å². The monoisotopic (exact) mass is 535 g/mol. The first kappa shape index (κ1) is 22.1. The van der Waals surface area contributed by atoms with Crippen molar-refractivity contribution in [2.75, 3.05) is 0 Å². The fourth-order valence-electron chi connectivity index (χ4n) is 6.92. The predicted molar refractivity (Wildman–Crippen MR) is 172 cm³/mol. The fraction of sp³-hybridized carbons (Fsp3) is 0. The van der Waals surface area contributed by atoms with Crippen LogP contribution < -0.4 is 0 Å². The molecule has 0 saturated heterocycles. The summed E-state index contributed by atoms with van der Waals surface area (Å²) in [6.45, 7) is 0. The first-order valence-electron chi connectivity index (χ1n) is 14.2. The highest BCUT2D eigenvalue weighted by molar-refractivity contribution is 6.27. The van der Waals surface area contributed by atoms with Gasteiger partial charge in [0.2, 0.25) is 5.89 Å². The molecule has 1 aliphatic rings. The van der Waals surface area contributed by atoms with Gasteiger partial charge >= 0.3 is 0 Å². The molecular formula is C39H21NO2. The first-order chi connectivity index (χ1) is 20.8. The second-order valence-corrected chi connectivity index (χ2v) is 11.1. The Morgan fingerprint density at radius 3 is 2.05 bits per heavy atom. The van der Waals surface area contributed by atoms with E-state index in [0.29, 0.717) is 5.89 Å². The normalized spacial score (nSPS) is 12.3. The van der Waals surface area contributed by atoms with Gasteiger partial charge in [-0.3, -0.25) is 0 Å². The SMILES string of the molecule is c1cc2c3c(cccc3c1)-c1c-2cc(-c2ccc3cc(-c4nc5ccccc5o4)ccc3c2)c2oc3ccccc3c12. The van der Waals surface area contributed by atoms with Crippen LogP contribution in [0, 0.1) is 0 Å². The molecule has 1 aliphatic carbocycles. The zero-order chi connectivity index (χ0) is 27.4. The summed E-state index contributed by atoms with van der Waals surface area (Å²) in [7, 11) is 0. The molecule has 0 N–H and O–H groups in total. The van der Waals surface area contributed by atoms with E-state index in [1.54, 1.807) is 0 Å². The molecule has 0 amide bonds. The number of hydrogen-bond acceptors (Lipinski definition) is 3. The van der Waals surface area contributed by atoms with Gasteiger partial charge in [0, 0.05) is 27.5 Å². The summed E-state index contributed by atoms with van der Waals surface area (Å²) in [5, 5.41) is 7.22. The lowest BCUT2D eigenvalue weighted by molar-refractivity contribution is 0.620. The second-order valence-electron chi connectivity index (χ2n) is 11.1. The molecule has 3 nitrogen and oxygen atoms in total. The predicted octanol–water partition coefficient (Wildman–Crippen LogP) is 11.0. The van der Waals surface area contributed by atoms with Crippen LogP contribution in [-0.2, 0) is 0 Å².